The van der Waals surface area contributed by atoms with E-state index in [2.05, 4.69) is 13.8 Å². The molecule has 0 bridgehead atoms. The third kappa shape index (κ3) is 2.89. The van der Waals surface area contributed by atoms with Crippen molar-refractivity contribution in [2.45, 2.75) is 52.1 Å². The van der Waals surface area contributed by atoms with Gasteiger partial charge in [0, 0.05) is 26.1 Å². The van der Waals surface area contributed by atoms with E-state index in [1.54, 1.807) is 6.92 Å². The van der Waals surface area contributed by atoms with Crippen LogP contribution in [0.25, 0.3) is 0 Å². The molecule has 2 saturated heterocycles. The number of carbonyl (C=O) groups is 1. The fourth-order valence-corrected chi connectivity index (χ4v) is 3.34. The second-order valence-corrected chi connectivity index (χ2v) is 6.39. The zero-order valence-electron chi connectivity index (χ0n) is 11.3. The lowest BCUT2D eigenvalue weighted by molar-refractivity contribution is -0.128. The van der Waals surface area contributed by atoms with Crippen LogP contribution in [-0.4, -0.2) is 31.2 Å². The van der Waals surface area contributed by atoms with E-state index in [4.69, 9.17) is 9.47 Å². The van der Waals surface area contributed by atoms with Crippen molar-refractivity contribution in [3.05, 3.63) is 0 Å². The summed E-state index contributed by atoms with van der Waals surface area (Å²) in [7, 11) is 0. The van der Waals surface area contributed by atoms with Crippen LogP contribution >= 0.6 is 0 Å². The van der Waals surface area contributed by atoms with Gasteiger partial charge in [-0.1, -0.05) is 13.8 Å². The molecule has 0 aromatic heterocycles. The molecular formula is C14H24O3. The summed E-state index contributed by atoms with van der Waals surface area (Å²) in [5.74, 6) is 0.861. The molecule has 3 nitrogen and oxygen atoms in total. The van der Waals surface area contributed by atoms with Crippen molar-refractivity contribution in [2.75, 3.05) is 19.8 Å². The maximum absolute atomic E-state index is 11.4. The Balaban J connectivity index is 2.03. The molecule has 1 spiro atoms. The summed E-state index contributed by atoms with van der Waals surface area (Å²) < 4.78 is 11.4. The molecule has 2 aliphatic heterocycles. The molecule has 0 saturated carbocycles. The first-order valence-corrected chi connectivity index (χ1v) is 6.65. The second-order valence-electron chi connectivity index (χ2n) is 6.39. The highest BCUT2D eigenvalue weighted by molar-refractivity contribution is 5.76. The minimum atomic E-state index is -0.0447. The van der Waals surface area contributed by atoms with E-state index in [0.29, 0.717) is 18.1 Å². The van der Waals surface area contributed by atoms with Crippen LogP contribution in [0.15, 0.2) is 0 Å². The largest absolute Gasteiger partial charge is 0.378 e. The van der Waals surface area contributed by atoms with Gasteiger partial charge in [-0.25, -0.2) is 0 Å². The van der Waals surface area contributed by atoms with Gasteiger partial charge in [-0.2, -0.15) is 0 Å². The maximum atomic E-state index is 11.4. The summed E-state index contributed by atoms with van der Waals surface area (Å²) in [6.07, 6.45) is 3.81. The average molecular weight is 240 g/mol. The molecule has 0 aromatic carbocycles. The molecule has 0 N–H and O–H groups in total. The van der Waals surface area contributed by atoms with Crippen molar-refractivity contribution in [2.24, 2.45) is 11.3 Å². The summed E-state index contributed by atoms with van der Waals surface area (Å²) in [5, 5.41) is 0. The Labute approximate surface area is 104 Å². The van der Waals surface area contributed by atoms with Crippen molar-refractivity contribution in [1.82, 2.24) is 0 Å². The Morgan fingerprint density at radius 2 is 2.18 bits per heavy atom. The summed E-state index contributed by atoms with van der Waals surface area (Å²) in [5.41, 5.74) is 0.0438. The Morgan fingerprint density at radius 3 is 2.76 bits per heavy atom. The van der Waals surface area contributed by atoms with Gasteiger partial charge in [-0.05, 0) is 31.1 Å². The predicted molar refractivity (Wildman–Crippen MR) is 65.9 cm³/mol. The van der Waals surface area contributed by atoms with E-state index in [-0.39, 0.29) is 11.0 Å². The highest BCUT2D eigenvalue weighted by Crippen LogP contribution is 2.44. The van der Waals surface area contributed by atoms with Gasteiger partial charge in [0.05, 0.1) is 12.2 Å². The third-order valence-corrected chi connectivity index (χ3v) is 4.37. The van der Waals surface area contributed by atoms with Gasteiger partial charge in [-0.3, -0.25) is 0 Å². The van der Waals surface area contributed by atoms with Gasteiger partial charge < -0.3 is 14.3 Å². The minimum Gasteiger partial charge on any atom is -0.378 e. The number of ketones is 1. The molecule has 2 fully saturated rings. The number of Topliss-reactive ketones (excluding diaryl/α,β-unsaturated/α-hetero) is 1. The van der Waals surface area contributed by atoms with Crippen molar-refractivity contribution >= 4 is 5.78 Å². The highest BCUT2D eigenvalue weighted by atomic mass is 16.6. The number of carbonyl (C=O) groups excluding carboxylic acids is 1. The molecule has 2 unspecified atom stereocenters. The molecule has 17 heavy (non-hydrogen) atoms. The molecule has 0 aliphatic carbocycles. The highest BCUT2D eigenvalue weighted by Gasteiger charge is 2.45. The standard InChI is InChI=1S/C14H24O3/c1-11(15)8-13(2,3)12-4-6-17-14(9-12)5-7-16-10-14/h12H,4-10H2,1-3H3. The van der Waals surface area contributed by atoms with Crippen LogP contribution < -0.4 is 0 Å². The normalized spacial score (nSPS) is 34.2. The van der Waals surface area contributed by atoms with Gasteiger partial charge in [0.25, 0.3) is 0 Å². The number of hydrogen-bond donors (Lipinski definition) is 0. The molecule has 2 rings (SSSR count). The van der Waals surface area contributed by atoms with Crippen LogP contribution in [0, 0.1) is 11.3 Å². The van der Waals surface area contributed by atoms with Gasteiger partial charge in [-0.15, -0.1) is 0 Å². The first-order valence-electron chi connectivity index (χ1n) is 6.65. The molecule has 0 aromatic rings. The summed E-state index contributed by atoms with van der Waals surface area (Å²) >= 11 is 0. The molecule has 0 amide bonds. The molecule has 2 aliphatic rings. The molecule has 2 atom stereocenters. The Hall–Kier alpha value is -0.410. The van der Waals surface area contributed by atoms with Crippen molar-refractivity contribution < 1.29 is 14.3 Å². The fraction of sp³-hybridized carbons (Fsp3) is 0.929. The number of hydrogen-bond acceptors (Lipinski definition) is 3. The molecule has 98 valence electrons. The van der Waals surface area contributed by atoms with Crippen molar-refractivity contribution in [3.63, 3.8) is 0 Å². The summed E-state index contributed by atoms with van der Waals surface area (Å²) in [6.45, 7) is 8.49. The smallest absolute Gasteiger partial charge is 0.130 e. The number of ether oxygens (including phenoxy) is 2. The predicted octanol–water partition coefficient (Wildman–Crippen LogP) is 2.58. The van der Waals surface area contributed by atoms with Gasteiger partial charge in [0.1, 0.15) is 5.78 Å². The first kappa shape index (κ1) is 13.0. The lowest BCUT2D eigenvalue weighted by Gasteiger charge is -2.44. The van der Waals surface area contributed by atoms with Crippen molar-refractivity contribution in [1.29, 1.82) is 0 Å². The topological polar surface area (TPSA) is 35.5 Å². The van der Waals surface area contributed by atoms with E-state index >= 15 is 0 Å². The Kier molecular flexibility index (Phi) is 3.60. The lowest BCUT2D eigenvalue weighted by Crippen LogP contribution is -2.44. The SMILES string of the molecule is CC(=O)CC(C)(C)C1CCOC2(CCOC2)C1. The van der Waals surface area contributed by atoms with E-state index in [1.165, 1.54) is 0 Å². The third-order valence-electron chi connectivity index (χ3n) is 4.37. The van der Waals surface area contributed by atoms with Gasteiger partial charge in [0.2, 0.25) is 0 Å². The Bertz CT molecular complexity index is 290. The number of rotatable bonds is 3. The van der Waals surface area contributed by atoms with Crippen LogP contribution in [-0.2, 0) is 14.3 Å². The monoisotopic (exact) mass is 240 g/mol. The minimum absolute atomic E-state index is 0.0447. The second kappa shape index (κ2) is 4.69. The van der Waals surface area contributed by atoms with Crippen LogP contribution in [0.3, 0.4) is 0 Å². The van der Waals surface area contributed by atoms with E-state index < -0.39 is 0 Å². The van der Waals surface area contributed by atoms with Crippen LogP contribution in [0.2, 0.25) is 0 Å². The average Bonchev–Trinajstić information content (AvgIpc) is 2.64. The Morgan fingerprint density at radius 1 is 1.41 bits per heavy atom. The summed E-state index contributed by atoms with van der Waals surface area (Å²) in [6, 6.07) is 0. The van der Waals surface area contributed by atoms with E-state index in [0.717, 1.165) is 39.1 Å². The van der Waals surface area contributed by atoms with Crippen LogP contribution in [0.5, 0.6) is 0 Å². The maximum Gasteiger partial charge on any atom is 0.130 e. The zero-order valence-corrected chi connectivity index (χ0v) is 11.3. The fourth-order valence-electron chi connectivity index (χ4n) is 3.34. The van der Waals surface area contributed by atoms with Gasteiger partial charge in [0.15, 0.2) is 0 Å². The van der Waals surface area contributed by atoms with Crippen LogP contribution in [0.1, 0.15) is 46.5 Å². The van der Waals surface area contributed by atoms with Gasteiger partial charge >= 0.3 is 0 Å². The molecule has 0 radical (unpaired) electrons. The summed E-state index contributed by atoms with van der Waals surface area (Å²) in [4.78, 5) is 11.4. The molecular weight excluding hydrogens is 216 g/mol. The van der Waals surface area contributed by atoms with Crippen molar-refractivity contribution in [3.8, 4) is 0 Å². The van der Waals surface area contributed by atoms with E-state index in [1.807, 2.05) is 0 Å². The van der Waals surface area contributed by atoms with Crippen LogP contribution in [0.4, 0.5) is 0 Å². The molecule has 3 heteroatoms. The lowest BCUT2D eigenvalue weighted by atomic mass is 9.68. The first-order chi connectivity index (χ1) is 7.94. The quantitative estimate of drug-likeness (QED) is 0.760. The molecule has 2 heterocycles. The van der Waals surface area contributed by atoms with E-state index in [9.17, 15) is 4.79 Å². The zero-order chi connectivity index (χ0) is 12.5.